The highest BCUT2D eigenvalue weighted by Gasteiger charge is 2.22. The van der Waals surface area contributed by atoms with E-state index < -0.39 is 24.3 Å². The number of quaternary nitrogens is 1. The van der Waals surface area contributed by atoms with Crippen LogP contribution in [0.5, 0.6) is 0 Å². The minimum absolute atomic E-state index is 0.148. The fourth-order valence-corrected chi connectivity index (χ4v) is 10.4. The molecule has 0 aromatic carbocycles. The van der Waals surface area contributed by atoms with E-state index in [4.69, 9.17) is 18.9 Å². The predicted octanol–water partition coefficient (Wildman–Crippen LogP) is 21.1. The Balaban J connectivity index is 4.08. The number of aliphatic carboxylic acids is 1. The second kappa shape index (κ2) is 66.7. The first kappa shape index (κ1) is 81.7. The van der Waals surface area contributed by atoms with E-state index >= 15 is 0 Å². The van der Waals surface area contributed by atoms with E-state index in [1.807, 2.05) is 21.1 Å². The van der Waals surface area contributed by atoms with Crippen LogP contribution in [0.15, 0.2) is 72.9 Å². The minimum Gasteiger partial charge on any atom is -0.545 e. The highest BCUT2D eigenvalue weighted by Crippen LogP contribution is 2.18. The van der Waals surface area contributed by atoms with Gasteiger partial charge >= 0.3 is 11.9 Å². The molecule has 2 unspecified atom stereocenters. The number of rotatable bonds is 67. The quantitative estimate of drug-likeness (QED) is 0.0195. The Morgan fingerprint density at radius 2 is 0.671 bits per heavy atom. The van der Waals surface area contributed by atoms with Crippen molar-refractivity contribution in [3.63, 3.8) is 0 Å². The lowest BCUT2D eigenvalue weighted by molar-refractivity contribution is -0.870. The van der Waals surface area contributed by atoms with Crippen LogP contribution < -0.4 is 5.11 Å². The molecule has 0 saturated heterocycles. The number of esters is 2. The summed E-state index contributed by atoms with van der Waals surface area (Å²) in [6.45, 7) is 4.68. The van der Waals surface area contributed by atoms with Crippen LogP contribution in [0.1, 0.15) is 335 Å². The standard InChI is InChI=1S/C76H137NO8/c1-6-8-10-12-14-16-18-20-22-24-26-28-30-32-34-36-37-39-41-43-45-47-49-51-53-55-57-59-61-63-65-67-74(79)85-72(71-84-76(75(80)81)82-69-68-77(3,4)5)70-83-73(78)66-64-62-60-58-56-54-52-50-48-46-44-42-40-38-35-33-31-29-27-25-23-21-19-17-15-13-11-9-7-2/h8,10,14,16,20,22,25-28,32,34,72,76H,6-7,9,11-13,15,17-19,21,23-24,29-31,33,35-71H2,1-5H3/b10-8-,16-14-,22-20-,27-25-,28-26-,34-32-. The third-order valence-corrected chi connectivity index (χ3v) is 15.9. The molecule has 0 fully saturated rings. The van der Waals surface area contributed by atoms with Gasteiger partial charge in [0.1, 0.15) is 13.2 Å². The fourth-order valence-electron chi connectivity index (χ4n) is 10.4. The van der Waals surface area contributed by atoms with Gasteiger partial charge in [0.05, 0.1) is 40.3 Å². The topological polar surface area (TPSA) is 111 Å². The van der Waals surface area contributed by atoms with Crippen molar-refractivity contribution in [2.45, 2.75) is 347 Å². The Labute approximate surface area is 526 Å². The molecular weight excluding hydrogens is 1050 g/mol. The molecule has 2 atom stereocenters. The zero-order valence-electron chi connectivity index (χ0n) is 56.5. The van der Waals surface area contributed by atoms with Crippen molar-refractivity contribution < 1.29 is 42.9 Å². The summed E-state index contributed by atoms with van der Waals surface area (Å²) in [6, 6.07) is 0. The van der Waals surface area contributed by atoms with Gasteiger partial charge in [-0.05, 0) is 83.5 Å². The van der Waals surface area contributed by atoms with Gasteiger partial charge in [0.25, 0.3) is 0 Å². The van der Waals surface area contributed by atoms with Gasteiger partial charge in [0, 0.05) is 12.8 Å². The number of unbranched alkanes of at least 4 members (excludes halogenated alkanes) is 40. The molecule has 0 bridgehead atoms. The molecular formula is C76H137NO8. The molecule has 0 aromatic heterocycles. The van der Waals surface area contributed by atoms with Crippen LogP contribution in [-0.2, 0) is 33.3 Å². The van der Waals surface area contributed by atoms with Crippen LogP contribution in [0.2, 0.25) is 0 Å². The van der Waals surface area contributed by atoms with Crippen molar-refractivity contribution in [2.24, 2.45) is 0 Å². The van der Waals surface area contributed by atoms with Crippen LogP contribution in [0.4, 0.5) is 0 Å². The van der Waals surface area contributed by atoms with Crippen molar-refractivity contribution >= 4 is 17.9 Å². The van der Waals surface area contributed by atoms with E-state index in [2.05, 4.69) is 86.8 Å². The normalized spacial score (nSPS) is 13.1. The fraction of sp³-hybridized carbons (Fsp3) is 0.803. The number of allylic oxidation sites excluding steroid dienone is 12. The third-order valence-electron chi connectivity index (χ3n) is 15.9. The summed E-state index contributed by atoms with van der Waals surface area (Å²) in [7, 11) is 5.94. The van der Waals surface area contributed by atoms with Gasteiger partial charge in [-0.2, -0.15) is 0 Å². The number of hydrogen-bond donors (Lipinski definition) is 0. The highest BCUT2D eigenvalue weighted by molar-refractivity contribution is 5.70. The Kier molecular flexibility index (Phi) is 64.1. The number of carboxylic acid groups (broad SMARTS) is 1. The van der Waals surface area contributed by atoms with Crippen molar-refractivity contribution in [3.05, 3.63) is 72.9 Å². The molecule has 0 aromatic rings. The molecule has 0 N–H and O–H groups in total. The molecule has 85 heavy (non-hydrogen) atoms. The maximum Gasteiger partial charge on any atom is 0.306 e. The molecule has 0 amide bonds. The lowest BCUT2D eigenvalue weighted by Crippen LogP contribution is -2.44. The number of carbonyl (C=O) groups is 3. The molecule has 0 saturated carbocycles. The smallest absolute Gasteiger partial charge is 0.306 e. The Hall–Kier alpha value is -3.27. The molecule has 0 heterocycles. The SMILES string of the molecule is CC/C=C\C/C=C\C/C=C\C/C=C\C/C=C\CCCCCCCCCCCCCCCCCC(=O)OC(COC(=O)CCCCCCCCCCCCCCCCCCC/C=C\CCCCCCCCCC)COC(OCC[N+](C)(C)C)C(=O)[O-]. The first-order valence-corrected chi connectivity index (χ1v) is 36.1. The Morgan fingerprint density at radius 3 is 1.01 bits per heavy atom. The zero-order chi connectivity index (χ0) is 61.9. The van der Waals surface area contributed by atoms with Crippen LogP contribution >= 0.6 is 0 Å². The predicted molar refractivity (Wildman–Crippen MR) is 361 cm³/mol. The monoisotopic (exact) mass is 1190 g/mol. The Bertz CT molecular complexity index is 1620. The van der Waals surface area contributed by atoms with Crippen LogP contribution in [0.3, 0.4) is 0 Å². The second-order valence-corrected chi connectivity index (χ2v) is 25.5. The van der Waals surface area contributed by atoms with Gasteiger partial charge < -0.3 is 33.3 Å². The molecule has 0 aliphatic carbocycles. The number of likely N-dealkylation sites (N-methyl/N-ethyl adjacent to an activating group) is 1. The zero-order valence-corrected chi connectivity index (χ0v) is 56.5. The molecule has 0 radical (unpaired) electrons. The largest absolute Gasteiger partial charge is 0.545 e. The molecule has 9 heteroatoms. The van der Waals surface area contributed by atoms with E-state index in [0.717, 1.165) is 64.2 Å². The van der Waals surface area contributed by atoms with Gasteiger partial charge in [-0.3, -0.25) is 9.59 Å². The first-order chi connectivity index (χ1) is 41.6. The van der Waals surface area contributed by atoms with Crippen LogP contribution in [-0.4, -0.2) is 82.3 Å². The highest BCUT2D eigenvalue weighted by atomic mass is 16.7. The van der Waals surface area contributed by atoms with Gasteiger partial charge in [-0.25, -0.2) is 0 Å². The van der Waals surface area contributed by atoms with Crippen molar-refractivity contribution in [1.82, 2.24) is 0 Å². The molecule has 0 rings (SSSR count). The van der Waals surface area contributed by atoms with Gasteiger partial charge in [-0.1, -0.05) is 311 Å². The summed E-state index contributed by atoms with van der Waals surface area (Å²) < 4.78 is 22.8. The summed E-state index contributed by atoms with van der Waals surface area (Å²) in [5.74, 6) is -2.26. The molecule has 494 valence electrons. The summed E-state index contributed by atoms with van der Waals surface area (Å²) in [4.78, 5) is 37.5. The van der Waals surface area contributed by atoms with Crippen LogP contribution in [0, 0.1) is 0 Å². The second-order valence-electron chi connectivity index (χ2n) is 25.5. The van der Waals surface area contributed by atoms with E-state index in [-0.39, 0.29) is 32.2 Å². The van der Waals surface area contributed by atoms with E-state index in [1.54, 1.807) is 0 Å². The average molecular weight is 1190 g/mol. The summed E-state index contributed by atoms with van der Waals surface area (Å²) in [5.41, 5.74) is 0. The number of hydrogen-bond acceptors (Lipinski definition) is 8. The van der Waals surface area contributed by atoms with E-state index in [9.17, 15) is 19.5 Å². The summed E-state index contributed by atoms with van der Waals surface area (Å²) in [5, 5.41) is 11.8. The van der Waals surface area contributed by atoms with Crippen molar-refractivity contribution in [1.29, 1.82) is 0 Å². The van der Waals surface area contributed by atoms with Crippen molar-refractivity contribution in [2.75, 3.05) is 47.5 Å². The van der Waals surface area contributed by atoms with E-state index in [1.165, 1.54) is 238 Å². The van der Waals surface area contributed by atoms with Crippen molar-refractivity contribution in [3.8, 4) is 0 Å². The number of nitrogens with zero attached hydrogens (tertiary/aromatic N) is 1. The van der Waals surface area contributed by atoms with Gasteiger partial charge in [0.15, 0.2) is 12.4 Å². The molecule has 0 spiro atoms. The number of carboxylic acids is 1. The molecule has 0 aliphatic rings. The van der Waals surface area contributed by atoms with Gasteiger partial charge in [0.2, 0.25) is 0 Å². The Morgan fingerprint density at radius 1 is 0.365 bits per heavy atom. The first-order valence-electron chi connectivity index (χ1n) is 36.1. The minimum atomic E-state index is -1.62. The van der Waals surface area contributed by atoms with Crippen LogP contribution in [0.25, 0.3) is 0 Å². The number of ether oxygens (including phenoxy) is 4. The maximum atomic E-state index is 12.9. The molecule has 9 nitrogen and oxygen atoms in total. The average Bonchev–Trinajstić information content (AvgIpc) is 3.49. The van der Waals surface area contributed by atoms with Gasteiger partial charge in [-0.15, -0.1) is 0 Å². The van der Waals surface area contributed by atoms with E-state index in [0.29, 0.717) is 23.9 Å². The lowest BCUT2D eigenvalue weighted by Gasteiger charge is -2.26. The lowest BCUT2D eigenvalue weighted by atomic mass is 10.0. The summed E-state index contributed by atoms with van der Waals surface area (Å²) >= 11 is 0. The number of carbonyl (C=O) groups excluding carboxylic acids is 3. The third kappa shape index (κ3) is 68.1. The molecule has 0 aliphatic heterocycles. The maximum absolute atomic E-state index is 12.9. The summed E-state index contributed by atoms with van der Waals surface area (Å²) in [6.07, 6.45) is 85.6.